The molecular weight excluding hydrogens is 244 g/mol. The van der Waals surface area contributed by atoms with Crippen LogP contribution in [0.15, 0.2) is 35.4 Å². The topological polar surface area (TPSA) is 110 Å². The van der Waals surface area contributed by atoms with Crippen LogP contribution in [0.25, 0.3) is 10.4 Å². The molecule has 0 saturated heterocycles. The molecular formula is C12H12N6O. The summed E-state index contributed by atoms with van der Waals surface area (Å²) < 4.78 is 1.52. The smallest absolute Gasteiger partial charge is 0.254 e. The fraction of sp³-hybridized carbons (Fsp3) is 0.167. The van der Waals surface area contributed by atoms with Crippen molar-refractivity contribution >= 4 is 11.7 Å². The molecule has 1 amide bonds. The highest BCUT2D eigenvalue weighted by molar-refractivity contribution is 6.00. The zero-order valence-electron chi connectivity index (χ0n) is 10.3. The maximum absolute atomic E-state index is 11.6. The second-order valence-corrected chi connectivity index (χ2v) is 3.98. The van der Waals surface area contributed by atoms with Crippen molar-refractivity contribution in [1.82, 2.24) is 9.78 Å². The molecule has 7 nitrogen and oxygen atoms in total. The minimum Gasteiger partial charge on any atom is -0.383 e. The number of rotatable bonds is 3. The molecule has 1 aromatic heterocycles. The Kier molecular flexibility index (Phi) is 3.49. The first-order valence-corrected chi connectivity index (χ1v) is 5.59. The van der Waals surface area contributed by atoms with Crippen molar-refractivity contribution in [1.29, 1.82) is 0 Å². The first kappa shape index (κ1) is 12.7. The molecule has 7 heteroatoms. The van der Waals surface area contributed by atoms with Gasteiger partial charge in [0.15, 0.2) is 0 Å². The maximum Gasteiger partial charge on any atom is 0.254 e. The Bertz CT molecular complexity index is 654. The Morgan fingerprint density at radius 3 is 2.79 bits per heavy atom. The molecule has 0 bridgehead atoms. The van der Waals surface area contributed by atoms with E-state index in [-0.39, 0.29) is 11.4 Å². The Balaban J connectivity index is 2.36. The van der Waals surface area contributed by atoms with Crippen LogP contribution in [0.3, 0.4) is 0 Å². The van der Waals surface area contributed by atoms with Gasteiger partial charge in [-0.3, -0.25) is 4.79 Å². The SMILES string of the molecule is Cc1nn(Cc2ccccc2)c(N)c1C(=O)N=[N+]=[N-]. The second kappa shape index (κ2) is 5.24. The zero-order chi connectivity index (χ0) is 13.8. The van der Waals surface area contributed by atoms with Crippen molar-refractivity contribution in [3.8, 4) is 0 Å². The van der Waals surface area contributed by atoms with E-state index in [2.05, 4.69) is 15.1 Å². The molecule has 2 N–H and O–H groups in total. The number of aromatic nitrogens is 2. The minimum atomic E-state index is -0.711. The van der Waals surface area contributed by atoms with Crippen LogP contribution in [0.4, 0.5) is 5.82 Å². The highest BCUT2D eigenvalue weighted by Crippen LogP contribution is 2.18. The number of carbonyl (C=O) groups excluding carboxylic acids is 1. The lowest BCUT2D eigenvalue weighted by Crippen LogP contribution is -2.07. The number of nitrogen functional groups attached to an aromatic ring is 1. The molecule has 96 valence electrons. The summed E-state index contributed by atoms with van der Waals surface area (Å²) in [5.41, 5.74) is 15.8. The van der Waals surface area contributed by atoms with Gasteiger partial charge in [-0.25, -0.2) is 4.68 Å². The lowest BCUT2D eigenvalue weighted by Gasteiger charge is -2.04. The normalized spacial score (nSPS) is 9.95. The maximum atomic E-state index is 11.6. The van der Waals surface area contributed by atoms with Gasteiger partial charge in [0.25, 0.3) is 5.91 Å². The Morgan fingerprint density at radius 2 is 2.16 bits per heavy atom. The molecule has 19 heavy (non-hydrogen) atoms. The summed E-state index contributed by atoms with van der Waals surface area (Å²) in [4.78, 5) is 14.1. The third-order valence-electron chi connectivity index (χ3n) is 2.69. The predicted molar refractivity (Wildman–Crippen MR) is 70.4 cm³/mol. The molecule has 0 radical (unpaired) electrons. The zero-order valence-corrected chi connectivity index (χ0v) is 10.3. The van der Waals surface area contributed by atoms with Crippen LogP contribution >= 0.6 is 0 Å². The standard InChI is InChI=1S/C12H12N6O/c1-8-10(12(19)15-17-14)11(13)18(16-8)7-9-5-3-2-4-6-9/h2-6H,7,13H2,1H3. The van der Waals surface area contributed by atoms with Crippen LogP contribution in [0.1, 0.15) is 21.6 Å². The van der Waals surface area contributed by atoms with E-state index >= 15 is 0 Å². The van der Waals surface area contributed by atoms with Crippen molar-refractivity contribution in [2.24, 2.45) is 5.11 Å². The van der Waals surface area contributed by atoms with Crippen LogP contribution < -0.4 is 5.73 Å². The lowest BCUT2D eigenvalue weighted by molar-refractivity contribution is 0.100. The molecule has 0 atom stereocenters. The summed E-state index contributed by atoms with van der Waals surface area (Å²) in [6, 6.07) is 9.61. The second-order valence-electron chi connectivity index (χ2n) is 3.98. The Morgan fingerprint density at radius 1 is 1.47 bits per heavy atom. The number of hydrogen-bond donors (Lipinski definition) is 1. The number of amides is 1. The summed E-state index contributed by atoms with van der Waals surface area (Å²) >= 11 is 0. The van der Waals surface area contributed by atoms with E-state index in [4.69, 9.17) is 11.3 Å². The van der Waals surface area contributed by atoms with Crippen molar-refractivity contribution in [3.05, 3.63) is 57.6 Å². The first-order chi connectivity index (χ1) is 9.13. The number of nitrogens with zero attached hydrogens (tertiary/aromatic N) is 5. The molecule has 1 aromatic carbocycles. The Labute approximate surface area is 109 Å². The number of aryl methyl sites for hydroxylation is 1. The molecule has 0 aliphatic rings. The average molecular weight is 256 g/mol. The molecule has 2 aromatic rings. The highest BCUT2D eigenvalue weighted by Gasteiger charge is 2.18. The van der Waals surface area contributed by atoms with E-state index < -0.39 is 5.91 Å². The highest BCUT2D eigenvalue weighted by atomic mass is 16.1. The van der Waals surface area contributed by atoms with E-state index in [1.54, 1.807) is 6.92 Å². The molecule has 0 aliphatic carbocycles. The summed E-state index contributed by atoms with van der Waals surface area (Å²) in [7, 11) is 0. The van der Waals surface area contributed by atoms with E-state index in [9.17, 15) is 4.79 Å². The van der Waals surface area contributed by atoms with Crippen LogP contribution in [-0.2, 0) is 6.54 Å². The molecule has 0 unspecified atom stereocenters. The lowest BCUT2D eigenvalue weighted by atomic mass is 10.2. The summed E-state index contributed by atoms with van der Waals surface area (Å²) in [5.74, 6) is -0.504. The van der Waals surface area contributed by atoms with Crippen LogP contribution in [0, 0.1) is 6.92 Å². The third-order valence-corrected chi connectivity index (χ3v) is 2.69. The number of nitrogens with two attached hydrogens (primary N) is 1. The van der Waals surface area contributed by atoms with Gasteiger partial charge < -0.3 is 5.73 Å². The first-order valence-electron chi connectivity index (χ1n) is 5.59. The third kappa shape index (κ3) is 2.56. The van der Waals surface area contributed by atoms with Gasteiger partial charge in [0.1, 0.15) is 5.82 Å². The molecule has 0 saturated carbocycles. The quantitative estimate of drug-likeness (QED) is 0.516. The molecule has 0 fully saturated rings. The Hall–Kier alpha value is -2.79. The largest absolute Gasteiger partial charge is 0.383 e. The van der Waals surface area contributed by atoms with Crippen molar-refractivity contribution in [2.75, 3.05) is 5.73 Å². The minimum absolute atomic E-state index is 0.161. The molecule has 0 aliphatic heterocycles. The molecule has 1 heterocycles. The molecule has 0 spiro atoms. The van der Waals surface area contributed by atoms with E-state index in [1.807, 2.05) is 30.3 Å². The number of anilines is 1. The van der Waals surface area contributed by atoms with Gasteiger partial charge in [-0.15, -0.1) is 0 Å². The van der Waals surface area contributed by atoms with Crippen LogP contribution in [-0.4, -0.2) is 15.7 Å². The van der Waals surface area contributed by atoms with Crippen molar-refractivity contribution in [3.63, 3.8) is 0 Å². The van der Waals surface area contributed by atoms with Gasteiger partial charge in [-0.1, -0.05) is 30.3 Å². The predicted octanol–water partition coefficient (Wildman–Crippen LogP) is 2.27. The summed E-state index contributed by atoms with van der Waals surface area (Å²) in [6.45, 7) is 2.11. The number of hydrogen-bond acceptors (Lipinski definition) is 3. The van der Waals surface area contributed by atoms with Gasteiger partial charge in [-0.2, -0.15) is 5.10 Å². The van der Waals surface area contributed by atoms with Crippen molar-refractivity contribution < 1.29 is 4.79 Å². The van der Waals surface area contributed by atoms with Gasteiger partial charge >= 0.3 is 0 Å². The van der Waals surface area contributed by atoms with Gasteiger partial charge in [-0.05, 0) is 23.1 Å². The summed E-state index contributed by atoms with van der Waals surface area (Å²) in [6.07, 6.45) is 0. The fourth-order valence-corrected chi connectivity index (χ4v) is 1.83. The van der Waals surface area contributed by atoms with Gasteiger partial charge in [0.05, 0.1) is 17.8 Å². The van der Waals surface area contributed by atoms with Crippen LogP contribution in [0.5, 0.6) is 0 Å². The van der Waals surface area contributed by atoms with Crippen molar-refractivity contribution in [2.45, 2.75) is 13.5 Å². The number of carbonyl (C=O) groups is 1. The van der Waals surface area contributed by atoms with Gasteiger partial charge in [0, 0.05) is 4.91 Å². The monoisotopic (exact) mass is 256 g/mol. The summed E-state index contributed by atoms with van der Waals surface area (Å²) in [5, 5.41) is 7.24. The van der Waals surface area contributed by atoms with Crippen LogP contribution in [0.2, 0.25) is 0 Å². The molecule has 2 rings (SSSR count). The van der Waals surface area contributed by atoms with E-state index in [0.29, 0.717) is 12.2 Å². The van der Waals surface area contributed by atoms with Gasteiger partial charge in [0.2, 0.25) is 0 Å². The number of benzene rings is 1. The van der Waals surface area contributed by atoms with E-state index in [1.165, 1.54) is 4.68 Å². The number of azide groups is 1. The average Bonchev–Trinajstić information content (AvgIpc) is 2.66. The van der Waals surface area contributed by atoms with E-state index in [0.717, 1.165) is 5.56 Å². The fourth-order valence-electron chi connectivity index (χ4n) is 1.83.